The Labute approximate surface area is 124 Å². The van der Waals surface area contributed by atoms with Crippen LogP contribution in [0.15, 0.2) is 30.5 Å². The van der Waals surface area contributed by atoms with Crippen LogP contribution in [-0.2, 0) is 22.6 Å². The summed E-state index contributed by atoms with van der Waals surface area (Å²) in [5, 5.41) is 6.17. The van der Waals surface area contributed by atoms with Crippen molar-refractivity contribution in [1.29, 1.82) is 0 Å². The van der Waals surface area contributed by atoms with Gasteiger partial charge in [0.25, 0.3) is 0 Å². The molecule has 2 heterocycles. The second kappa shape index (κ2) is 6.92. The summed E-state index contributed by atoms with van der Waals surface area (Å²) in [5.41, 5.74) is 2.81. The zero-order chi connectivity index (χ0) is 15.2. The van der Waals surface area contributed by atoms with Crippen LogP contribution < -0.4 is 10.6 Å². The van der Waals surface area contributed by atoms with Gasteiger partial charge in [0.15, 0.2) is 0 Å². The van der Waals surface area contributed by atoms with E-state index >= 15 is 0 Å². The fraction of sp³-hybridized carbons (Fsp3) is 0.375. The number of fused-ring (bicyclic) bond motifs is 1. The smallest absolute Gasteiger partial charge is 0.239 e. The molecule has 5 nitrogen and oxygen atoms in total. The topological polar surface area (TPSA) is 63.1 Å². The molecule has 112 valence electrons. The number of benzene rings is 1. The number of aromatic nitrogens is 1. The van der Waals surface area contributed by atoms with Gasteiger partial charge in [-0.1, -0.05) is 19.1 Å². The number of nitrogens with zero attached hydrogens (tertiary/aromatic N) is 1. The minimum atomic E-state index is -0.121. The van der Waals surface area contributed by atoms with Gasteiger partial charge in [-0.15, -0.1) is 0 Å². The van der Waals surface area contributed by atoms with Gasteiger partial charge in [-0.2, -0.15) is 0 Å². The minimum absolute atomic E-state index is 0.121. The van der Waals surface area contributed by atoms with Crippen molar-refractivity contribution in [3.8, 4) is 0 Å². The molecule has 2 aromatic rings. The van der Waals surface area contributed by atoms with Crippen LogP contribution in [0.1, 0.15) is 19.4 Å². The lowest BCUT2D eigenvalue weighted by atomic mass is 10.1. The van der Waals surface area contributed by atoms with Gasteiger partial charge < -0.3 is 15.2 Å². The van der Waals surface area contributed by atoms with Crippen molar-refractivity contribution in [2.24, 2.45) is 0 Å². The van der Waals surface area contributed by atoms with Gasteiger partial charge >= 0.3 is 0 Å². The summed E-state index contributed by atoms with van der Waals surface area (Å²) in [6.07, 6.45) is 3.29. The Morgan fingerprint density at radius 3 is 2.24 bits per heavy atom. The van der Waals surface area contributed by atoms with Crippen LogP contribution in [0.5, 0.6) is 0 Å². The van der Waals surface area contributed by atoms with Crippen LogP contribution in [0.2, 0.25) is 0 Å². The van der Waals surface area contributed by atoms with Crippen molar-refractivity contribution in [3.05, 3.63) is 36.0 Å². The van der Waals surface area contributed by atoms with Gasteiger partial charge in [-0.05, 0) is 31.0 Å². The third-order valence-corrected chi connectivity index (χ3v) is 3.52. The van der Waals surface area contributed by atoms with Gasteiger partial charge in [0.1, 0.15) is 0 Å². The first-order valence-electron chi connectivity index (χ1n) is 7.25. The molecule has 0 atom stereocenters. The Bertz CT molecular complexity index is 618. The van der Waals surface area contributed by atoms with E-state index in [1.165, 1.54) is 16.5 Å². The summed E-state index contributed by atoms with van der Waals surface area (Å²) in [5.74, 6) is -0.241. The quantitative estimate of drug-likeness (QED) is 0.878. The number of rotatable bonds is 2. The van der Waals surface area contributed by atoms with Crippen molar-refractivity contribution in [2.75, 3.05) is 13.1 Å². The summed E-state index contributed by atoms with van der Waals surface area (Å²) in [6.45, 7) is 5.68. The van der Waals surface area contributed by atoms with Gasteiger partial charge in [-0.3, -0.25) is 9.59 Å². The van der Waals surface area contributed by atoms with Crippen LogP contribution in [0, 0.1) is 0 Å². The summed E-state index contributed by atoms with van der Waals surface area (Å²) in [4.78, 5) is 20.6. The van der Waals surface area contributed by atoms with Crippen LogP contribution in [0.3, 0.4) is 0 Å². The van der Waals surface area contributed by atoms with Crippen molar-refractivity contribution in [1.82, 2.24) is 15.2 Å². The van der Waals surface area contributed by atoms with E-state index in [2.05, 4.69) is 59.5 Å². The molecule has 1 aromatic heterocycles. The molecular weight excluding hydrogens is 266 g/mol. The molecule has 21 heavy (non-hydrogen) atoms. The Morgan fingerprint density at radius 1 is 1.05 bits per heavy atom. The fourth-order valence-electron chi connectivity index (χ4n) is 2.35. The molecule has 1 aromatic carbocycles. The molecule has 2 N–H and O–H groups in total. The molecule has 0 spiro atoms. The predicted molar refractivity (Wildman–Crippen MR) is 83.0 cm³/mol. The number of hydrogen-bond donors (Lipinski definition) is 2. The third kappa shape index (κ3) is 3.62. The number of amides is 2. The third-order valence-electron chi connectivity index (χ3n) is 3.52. The fourth-order valence-corrected chi connectivity index (χ4v) is 2.35. The highest BCUT2D eigenvalue weighted by Crippen LogP contribution is 2.20. The normalized spacial score (nSPS) is 14.2. The molecule has 2 amide bonds. The highest BCUT2D eigenvalue weighted by molar-refractivity contribution is 5.92. The van der Waals surface area contributed by atoms with E-state index in [0.717, 1.165) is 13.0 Å². The zero-order valence-corrected chi connectivity index (χ0v) is 12.5. The lowest BCUT2D eigenvalue weighted by Gasteiger charge is -2.10. The van der Waals surface area contributed by atoms with E-state index in [9.17, 15) is 9.59 Å². The number of nitrogens with one attached hydrogen (secondary N) is 2. The van der Waals surface area contributed by atoms with Crippen LogP contribution in [-0.4, -0.2) is 29.5 Å². The molecule has 0 radical (unpaired) electrons. The zero-order valence-electron chi connectivity index (χ0n) is 12.5. The highest BCUT2D eigenvalue weighted by Gasteiger charge is 2.11. The van der Waals surface area contributed by atoms with Gasteiger partial charge in [0, 0.05) is 23.6 Å². The first-order valence-corrected chi connectivity index (χ1v) is 7.25. The van der Waals surface area contributed by atoms with E-state index in [1.54, 1.807) is 0 Å². The molecule has 1 aliphatic rings. The van der Waals surface area contributed by atoms with Crippen LogP contribution in [0.25, 0.3) is 10.9 Å². The Balaban J connectivity index is 0.000000173. The van der Waals surface area contributed by atoms with Crippen molar-refractivity contribution in [3.63, 3.8) is 0 Å². The molecular formula is C16H21N3O2. The van der Waals surface area contributed by atoms with E-state index < -0.39 is 0 Å². The standard InChI is InChI=1S/C12H15N.C4H6N2O2/c1-3-10-6-5-7-12-11(10)8-9-13(12)4-2;7-3-1-5-4(8)2-6-3/h5-9H,3-4H2,1-2H3;1-2H2,(H,5,8)(H,6,7). The molecule has 0 unspecified atom stereocenters. The number of aryl methyl sites for hydroxylation is 2. The van der Waals surface area contributed by atoms with Crippen molar-refractivity contribution < 1.29 is 9.59 Å². The lowest BCUT2D eigenvalue weighted by molar-refractivity contribution is -0.130. The Hall–Kier alpha value is -2.30. The second-order valence-corrected chi connectivity index (χ2v) is 4.86. The van der Waals surface area contributed by atoms with Crippen molar-refractivity contribution >= 4 is 22.7 Å². The molecule has 5 heteroatoms. The van der Waals surface area contributed by atoms with Gasteiger partial charge in [0.05, 0.1) is 13.1 Å². The average molecular weight is 287 g/mol. The lowest BCUT2D eigenvalue weighted by Crippen LogP contribution is -2.48. The molecule has 3 rings (SSSR count). The van der Waals surface area contributed by atoms with E-state index in [0.29, 0.717) is 0 Å². The maximum atomic E-state index is 10.3. The number of carbonyl (C=O) groups is 2. The van der Waals surface area contributed by atoms with Gasteiger partial charge in [0.2, 0.25) is 11.8 Å². The number of carbonyl (C=O) groups excluding carboxylic acids is 2. The maximum absolute atomic E-state index is 10.3. The maximum Gasteiger partial charge on any atom is 0.239 e. The van der Waals surface area contributed by atoms with Crippen LogP contribution in [0.4, 0.5) is 0 Å². The first kappa shape index (κ1) is 15.1. The summed E-state index contributed by atoms with van der Waals surface area (Å²) in [7, 11) is 0. The molecule has 0 aliphatic carbocycles. The average Bonchev–Trinajstić information content (AvgIpc) is 2.94. The SMILES string of the molecule is CCc1cccc2c1ccn2CC.O=C1CNC(=O)CN1. The first-order chi connectivity index (χ1) is 10.2. The minimum Gasteiger partial charge on any atom is -0.348 e. The van der Waals surface area contributed by atoms with Crippen LogP contribution >= 0.6 is 0 Å². The van der Waals surface area contributed by atoms with Crippen molar-refractivity contribution in [2.45, 2.75) is 26.8 Å². The molecule has 0 bridgehead atoms. The van der Waals surface area contributed by atoms with E-state index in [-0.39, 0.29) is 24.9 Å². The summed E-state index contributed by atoms with van der Waals surface area (Å²) in [6, 6.07) is 8.77. The second-order valence-electron chi connectivity index (χ2n) is 4.86. The van der Waals surface area contributed by atoms with E-state index in [4.69, 9.17) is 0 Å². The van der Waals surface area contributed by atoms with Gasteiger partial charge in [-0.25, -0.2) is 0 Å². The molecule has 0 saturated carbocycles. The number of hydrogen-bond acceptors (Lipinski definition) is 2. The molecule has 1 aliphatic heterocycles. The predicted octanol–water partition coefficient (Wildman–Crippen LogP) is 1.46. The van der Waals surface area contributed by atoms with E-state index in [1.807, 2.05) is 0 Å². The Morgan fingerprint density at radius 2 is 1.71 bits per heavy atom. The molecule has 1 fully saturated rings. The highest BCUT2D eigenvalue weighted by atomic mass is 16.2. The summed E-state index contributed by atoms with van der Waals surface area (Å²) < 4.78 is 2.29. The largest absolute Gasteiger partial charge is 0.348 e. The Kier molecular flexibility index (Phi) is 4.98. The molecule has 1 saturated heterocycles. The monoisotopic (exact) mass is 287 g/mol. The summed E-state index contributed by atoms with van der Waals surface area (Å²) >= 11 is 0. The number of piperazine rings is 1.